The van der Waals surface area contributed by atoms with E-state index < -0.39 is 28.0 Å². The average Bonchev–Trinajstić information content (AvgIpc) is 3.14. The largest absolute Gasteiger partial charge is 0.471 e. The smallest absolute Gasteiger partial charge is 0.465 e. The summed E-state index contributed by atoms with van der Waals surface area (Å²) in [5.74, 6) is -0.977. The van der Waals surface area contributed by atoms with Crippen molar-refractivity contribution >= 4 is 27.3 Å². The molecule has 0 spiro atoms. The maximum absolute atomic E-state index is 13.6. The first-order valence-electron chi connectivity index (χ1n) is 21.4. The summed E-state index contributed by atoms with van der Waals surface area (Å²) in [5.41, 5.74) is 2.54. The Labute approximate surface area is 339 Å². The number of methoxy groups -OCH3 is 1. The van der Waals surface area contributed by atoms with Crippen LogP contribution in [0.5, 0.6) is 0 Å². The van der Waals surface area contributed by atoms with Crippen molar-refractivity contribution in [2.24, 2.45) is 51.2 Å². The lowest BCUT2D eigenvalue weighted by atomic mass is 9.32. The summed E-state index contributed by atoms with van der Waals surface area (Å²) in [6, 6.07) is 7.12. The Kier molecular flexibility index (Phi) is 12.0. The molecule has 1 saturated heterocycles. The molecule has 5 aliphatic rings. The Morgan fingerprint density at radius 3 is 2.18 bits per heavy atom. The number of ether oxygens (including phenoxy) is 1. The van der Waals surface area contributed by atoms with Gasteiger partial charge < -0.3 is 20.3 Å². The minimum atomic E-state index is -4.95. The molecule has 57 heavy (non-hydrogen) atoms. The van der Waals surface area contributed by atoms with E-state index in [2.05, 4.69) is 70.1 Å². The van der Waals surface area contributed by atoms with Crippen LogP contribution in [-0.4, -0.2) is 87.7 Å². The van der Waals surface area contributed by atoms with E-state index in [9.17, 15) is 31.2 Å². The van der Waals surface area contributed by atoms with Crippen molar-refractivity contribution in [3.63, 3.8) is 0 Å². The Balaban J connectivity index is 1.31. The molecule has 4 fully saturated rings. The highest BCUT2D eigenvalue weighted by Gasteiger charge is 2.69. The zero-order valence-corrected chi connectivity index (χ0v) is 36.6. The van der Waals surface area contributed by atoms with Gasteiger partial charge in [-0.25, -0.2) is 13.2 Å². The van der Waals surface area contributed by atoms with Crippen LogP contribution in [0.3, 0.4) is 0 Å². The minimum absolute atomic E-state index is 0.000369. The van der Waals surface area contributed by atoms with Crippen molar-refractivity contribution in [3.05, 3.63) is 41.5 Å². The molecular formula is C45H68F3N3O5S. The molecule has 8 nitrogen and oxygen atoms in total. The Morgan fingerprint density at radius 1 is 0.930 bits per heavy atom. The van der Waals surface area contributed by atoms with Crippen LogP contribution in [0.1, 0.15) is 123 Å². The van der Waals surface area contributed by atoms with Crippen LogP contribution in [0, 0.1) is 51.2 Å². The topological polar surface area (TPSA) is 105 Å². The van der Waals surface area contributed by atoms with Crippen molar-refractivity contribution in [1.82, 2.24) is 15.5 Å². The number of carbonyl (C=O) groups excluding carboxylic acids is 2. The summed E-state index contributed by atoms with van der Waals surface area (Å²) < 4.78 is 70.0. The quantitative estimate of drug-likeness (QED) is 0.229. The zero-order valence-electron chi connectivity index (χ0n) is 35.8. The van der Waals surface area contributed by atoms with Crippen molar-refractivity contribution in [3.8, 4) is 0 Å². The van der Waals surface area contributed by atoms with Gasteiger partial charge in [0.1, 0.15) is 0 Å². The van der Waals surface area contributed by atoms with Gasteiger partial charge in [0.2, 0.25) is 0 Å². The molecule has 3 saturated carbocycles. The van der Waals surface area contributed by atoms with E-state index in [-0.39, 0.29) is 62.4 Å². The number of rotatable bonds is 10. The molecule has 0 radical (unpaired) electrons. The van der Waals surface area contributed by atoms with Crippen LogP contribution in [0.25, 0.3) is 5.57 Å². The minimum Gasteiger partial charge on any atom is -0.465 e. The predicted molar refractivity (Wildman–Crippen MR) is 219 cm³/mol. The molecule has 0 bridgehead atoms. The number of amides is 1. The molecule has 4 aliphatic carbocycles. The highest BCUT2D eigenvalue weighted by Crippen LogP contribution is 2.76. The van der Waals surface area contributed by atoms with Gasteiger partial charge in [0.05, 0.1) is 24.2 Å². The SMILES string of the molecule is CC[C@]1(NCCN2CCS(=O)(=O)CC2)CC[C@]2(C)[C@H](CC[C@@H]3[C@@]4(C)CC=C(c5ccc(C(=O)OC)cc5)C(C)(C)[C@@H]4CC[C@]32C)[C@H]1[C@@H](C)C(C)NC(=O)C(F)(F)F. The van der Waals surface area contributed by atoms with Gasteiger partial charge in [-0.15, -0.1) is 0 Å². The first-order chi connectivity index (χ1) is 26.5. The number of hydrogen-bond donors (Lipinski definition) is 2. The molecule has 1 heterocycles. The maximum atomic E-state index is 13.6. The van der Waals surface area contributed by atoms with E-state index >= 15 is 0 Å². The van der Waals surface area contributed by atoms with Gasteiger partial charge in [0.15, 0.2) is 9.84 Å². The lowest BCUT2D eigenvalue weighted by Gasteiger charge is -2.73. The van der Waals surface area contributed by atoms with Gasteiger partial charge in [-0.05, 0) is 133 Å². The normalized spacial score (nSPS) is 37.4. The molecule has 0 aromatic heterocycles. The second-order valence-electron chi connectivity index (χ2n) is 19.9. The highest BCUT2D eigenvalue weighted by molar-refractivity contribution is 7.91. The number of carbonyl (C=O) groups is 2. The monoisotopic (exact) mass is 819 g/mol. The molecule has 1 unspecified atom stereocenters. The third-order valence-corrected chi connectivity index (χ3v) is 18.8. The number of benzene rings is 1. The number of alkyl halides is 3. The van der Waals surface area contributed by atoms with Gasteiger partial charge >= 0.3 is 18.1 Å². The van der Waals surface area contributed by atoms with E-state index in [0.29, 0.717) is 43.6 Å². The lowest BCUT2D eigenvalue weighted by Crippen LogP contribution is -2.70. The van der Waals surface area contributed by atoms with Gasteiger partial charge in [0.25, 0.3) is 0 Å². The van der Waals surface area contributed by atoms with Gasteiger partial charge in [0, 0.05) is 37.8 Å². The fourth-order valence-electron chi connectivity index (χ4n) is 13.8. The van der Waals surface area contributed by atoms with E-state index in [4.69, 9.17) is 4.74 Å². The van der Waals surface area contributed by atoms with Crippen LogP contribution in [0.2, 0.25) is 0 Å². The number of esters is 1. The molecule has 6 rings (SSSR count). The van der Waals surface area contributed by atoms with Crippen LogP contribution in [0.15, 0.2) is 30.3 Å². The van der Waals surface area contributed by atoms with E-state index in [1.807, 2.05) is 24.3 Å². The van der Waals surface area contributed by atoms with Crippen LogP contribution in [-0.2, 0) is 19.4 Å². The second-order valence-corrected chi connectivity index (χ2v) is 22.2. The summed E-state index contributed by atoms with van der Waals surface area (Å²) >= 11 is 0. The van der Waals surface area contributed by atoms with Crippen molar-refractivity contribution in [2.75, 3.05) is 44.8 Å². The fraction of sp³-hybridized carbons (Fsp3) is 0.778. The molecule has 10 atom stereocenters. The Morgan fingerprint density at radius 2 is 1.58 bits per heavy atom. The summed E-state index contributed by atoms with van der Waals surface area (Å²) in [6.45, 7) is 20.7. The maximum Gasteiger partial charge on any atom is 0.471 e. The average molecular weight is 820 g/mol. The fourth-order valence-corrected chi connectivity index (χ4v) is 15.1. The Bertz CT molecular complexity index is 1800. The third kappa shape index (κ3) is 7.64. The number of hydrogen-bond acceptors (Lipinski definition) is 7. The first-order valence-corrected chi connectivity index (χ1v) is 23.3. The van der Waals surface area contributed by atoms with Gasteiger partial charge in [-0.2, -0.15) is 13.2 Å². The number of fused-ring (bicyclic) bond motifs is 5. The molecule has 1 amide bonds. The number of allylic oxidation sites excluding steroid dienone is 2. The number of nitrogens with one attached hydrogen (secondary N) is 2. The third-order valence-electron chi connectivity index (χ3n) is 17.2. The molecule has 320 valence electrons. The summed E-state index contributed by atoms with van der Waals surface area (Å²) in [5, 5.41) is 6.36. The Hall–Kier alpha value is -2.44. The number of nitrogens with zero attached hydrogens (tertiary/aromatic N) is 1. The van der Waals surface area contributed by atoms with Crippen molar-refractivity contribution < 1.29 is 35.9 Å². The van der Waals surface area contributed by atoms with Crippen LogP contribution < -0.4 is 10.6 Å². The van der Waals surface area contributed by atoms with E-state index in [1.165, 1.54) is 12.7 Å². The number of halogens is 3. The van der Waals surface area contributed by atoms with Gasteiger partial charge in [-0.1, -0.05) is 66.7 Å². The molecule has 1 aromatic rings. The standard InChI is InChI=1S/C45H68F3N3O5S/c1-10-44(49-23-24-51-25-27-57(54,55)28-26-51)22-21-42(7)34(37(44)29(2)30(3)50-39(53)45(46,47)48)15-16-36-41(6)19-17-33(31-11-13-32(14-12-31)38(52)56-9)40(4,5)35(41)18-20-43(36,42)8/h11-14,17,29-30,34-37,49H,10,15-16,18-28H2,1-9H3,(H,50,53)/t29-,30?,34+,35-,36+,37+,41-,42+,43+,44-/m0/s1. The van der Waals surface area contributed by atoms with Crippen molar-refractivity contribution in [2.45, 2.75) is 125 Å². The first kappa shape index (κ1) is 44.1. The lowest BCUT2D eigenvalue weighted by molar-refractivity contribution is -0.226. The van der Waals surface area contributed by atoms with Crippen molar-refractivity contribution in [1.29, 1.82) is 0 Å². The molecular weight excluding hydrogens is 752 g/mol. The molecule has 12 heteroatoms. The summed E-state index contributed by atoms with van der Waals surface area (Å²) in [4.78, 5) is 26.7. The highest BCUT2D eigenvalue weighted by atomic mass is 32.2. The molecule has 1 aliphatic heterocycles. The molecule has 2 N–H and O–H groups in total. The predicted octanol–water partition coefficient (Wildman–Crippen LogP) is 8.32. The van der Waals surface area contributed by atoms with E-state index in [0.717, 1.165) is 56.9 Å². The zero-order chi connectivity index (χ0) is 42.0. The van der Waals surface area contributed by atoms with Gasteiger partial charge in [-0.3, -0.25) is 4.79 Å². The molecule has 1 aromatic carbocycles. The summed E-state index contributed by atoms with van der Waals surface area (Å²) in [6.07, 6.45) is 5.37. The second kappa shape index (κ2) is 15.5. The summed E-state index contributed by atoms with van der Waals surface area (Å²) in [7, 11) is -1.60. The number of sulfone groups is 1. The van der Waals surface area contributed by atoms with E-state index in [1.54, 1.807) is 6.92 Å². The van der Waals surface area contributed by atoms with Crippen LogP contribution in [0.4, 0.5) is 13.2 Å². The van der Waals surface area contributed by atoms with Crippen LogP contribution >= 0.6 is 0 Å².